The lowest BCUT2D eigenvalue weighted by Gasteiger charge is -2.38. The van der Waals surface area contributed by atoms with E-state index in [2.05, 4.69) is 10.3 Å². The number of Topliss-reactive ketones (excluding diaryl/α,β-unsaturated/α-hetero) is 2. The first-order chi connectivity index (χ1) is 19.0. The number of rotatable bonds is 4. The van der Waals surface area contributed by atoms with E-state index in [1.165, 1.54) is 6.20 Å². The van der Waals surface area contributed by atoms with Crippen LogP contribution in [0.4, 0.5) is 5.69 Å². The van der Waals surface area contributed by atoms with Gasteiger partial charge in [0.15, 0.2) is 11.6 Å². The third-order valence-corrected chi connectivity index (χ3v) is 8.40. The number of pyridine rings is 1. The van der Waals surface area contributed by atoms with Gasteiger partial charge < -0.3 is 10.2 Å². The number of nitrogens with zero attached hydrogens (tertiary/aromatic N) is 2. The van der Waals surface area contributed by atoms with Crippen molar-refractivity contribution in [1.29, 1.82) is 0 Å². The number of aromatic nitrogens is 1. The minimum absolute atomic E-state index is 0.194. The molecule has 1 N–H and O–H groups in total. The molecule has 1 saturated heterocycles. The van der Waals surface area contributed by atoms with E-state index in [1.54, 1.807) is 30.5 Å². The molecule has 1 fully saturated rings. The fourth-order valence-corrected chi connectivity index (χ4v) is 6.74. The van der Waals surface area contributed by atoms with Crippen LogP contribution >= 0.6 is 0 Å². The fraction of sp³-hybridized carbons (Fsp3) is 0.152. The summed E-state index contributed by atoms with van der Waals surface area (Å²) < 4.78 is 0. The number of fused-ring (bicyclic) bond motifs is 6. The lowest BCUT2D eigenvalue weighted by molar-refractivity contribution is -0.122. The Morgan fingerprint density at radius 2 is 1.64 bits per heavy atom. The van der Waals surface area contributed by atoms with Crippen LogP contribution in [0.3, 0.4) is 0 Å². The van der Waals surface area contributed by atoms with Gasteiger partial charge in [-0.05, 0) is 47.9 Å². The summed E-state index contributed by atoms with van der Waals surface area (Å²) in [5, 5.41) is 3.07. The third kappa shape index (κ3) is 3.21. The molecule has 0 radical (unpaired) electrons. The number of carbonyl (C=O) groups excluding carboxylic acids is 3. The maximum Gasteiger partial charge on any atom is 0.238 e. The second-order valence-corrected chi connectivity index (χ2v) is 10.4. The van der Waals surface area contributed by atoms with Crippen LogP contribution in [0, 0.1) is 12.8 Å². The average molecular weight is 512 g/mol. The Hall–Kier alpha value is -4.84. The first-order valence-corrected chi connectivity index (χ1v) is 13.0. The summed E-state index contributed by atoms with van der Waals surface area (Å²) in [6, 6.07) is 24.7. The highest BCUT2D eigenvalue weighted by Crippen LogP contribution is 2.62. The van der Waals surface area contributed by atoms with Gasteiger partial charge in [0, 0.05) is 35.4 Å². The average Bonchev–Trinajstić information content (AvgIpc) is 3.45. The maximum absolute atomic E-state index is 14.6. The molecule has 6 nitrogen and oxygen atoms in total. The zero-order valence-corrected chi connectivity index (χ0v) is 21.2. The van der Waals surface area contributed by atoms with E-state index in [1.807, 2.05) is 84.8 Å². The van der Waals surface area contributed by atoms with Crippen molar-refractivity contribution in [3.63, 3.8) is 0 Å². The van der Waals surface area contributed by atoms with Gasteiger partial charge >= 0.3 is 0 Å². The van der Waals surface area contributed by atoms with Crippen LogP contribution in [0.5, 0.6) is 0 Å². The Balaban J connectivity index is 1.54. The summed E-state index contributed by atoms with van der Waals surface area (Å²) in [5.74, 6) is -1.74. The van der Waals surface area contributed by atoms with Crippen LogP contribution < -0.4 is 5.32 Å². The number of nitrogens with one attached hydrogen (secondary N) is 1. The second kappa shape index (κ2) is 8.60. The number of carbonyl (C=O) groups is 3. The Morgan fingerprint density at radius 3 is 2.44 bits per heavy atom. The number of hydrogen-bond donors (Lipinski definition) is 1. The number of ketones is 2. The summed E-state index contributed by atoms with van der Waals surface area (Å²) in [6.07, 6.45) is 6.97. The third-order valence-electron chi connectivity index (χ3n) is 8.40. The molecule has 4 atom stereocenters. The smallest absolute Gasteiger partial charge is 0.238 e. The molecule has 3 aliphatic rings. The molecule has 3 aliphatic heterocycles. The minimum Gasteiger partial charge on any atom is -0.358 e. The molecule has 190 valence electrons. The van der Waals surface area contributed by atoms with Gasteiger partial charge in [0.1, 0.15) is 11.5 Å². The van der Waals surface area contributed by atoms with Gasteiger partial charge in [0.25, 0.3) is 0 Å². The fourth-order valence-electron chi connectivity index (χ4n) is 6.74. The van der Waals surface area contributed by atoms with Crippen molar-refractivity contribution in [1.82, 2.24) is 9.88 Å². The summed E-state index contributed by atoms with van der Waals surface area (Å²) in [4.78, 5) is 49.6. The summed E-state index contributed by atoms with van der Waals surface area (Å²) in [5.41, 5.74) is 3.85. The molecule has 1 amide bonds. The van der Waals surface area contributed by atoms with Gasteiger partial charge in [-0.25, -0.2) is 0 Å². The van der Waals surface area contributed by atoms with Crippen molar-refractivity contribution in [2.75, 3.05) is 5.32 Å². The molecular weight excluding hydrogens is 486 g/mol. The molecule has 3 aromatic carbocycles. The van der Waals surface area contributed by atoms with Gasteiger partial charge in [0.05, 0.1) is 12.0 Å². The van der Waals surface area contributed by atoms with Crippen molar-refractivity contribution in [3.05, 3.63) is 137 Å². The molecule has 4 heterocycles. The van der Waals surface area contributed by atoms with Crippen molar-refractivity contribution in [2.45, 2.75) is 24.4 Å². The molecule has 39 heavy (non-hydrogen) atoms. The first-order valence-electron chi connectivity index (χ1n) is 13.0. The highest BCUT2D eigenvalue weighted by molar-refractivity contribution is 6.16. The van der Waals surface area contributed by atoms with E-state index in [9.17, 15) is 14.4 Å². The molecule has 0 saturated carbocycles. The number of benzene rings is 3. The van der Waals surface area contributed by atoms with Crippen molar-refractivity contribution in [3.8, 4) is 0 Å². The van der Waals surface area contributed by atoms with Gasteiger partial charge in [-0.15, -0.1) is 0 Å². The maximum atomic E-state index is 14.6. The molecule has 0 bridgehead atoms. The molecule has 7 rings (SSSR count). The lowest BCUT2D eigenvalue weighted by Crippen LogP contribution is -2.49. The van der Waals surface area contributed by atoms with E-state index in [4.69, 9.17) is 0 Å². The Kier molecular flexibility index (Phi) is 5.13. The van der Waals surface area contributed by atoms with E-state index in [0.717, 1.165) is 22.3 Å². The standard InChI is InChI=1S/C33H25N3O3/c1-20-12-14-22(15-13-20)30(38)28-27(29(37)23-8-6-17-34-19-23)33(25-10-4-5-11-26(25)35-32(33)39)31-24-9-3-2-7-21(24)16-18-36(28)31/h2-19,27-28,31H,1H3,(H,35,39). The number of hydrogen-bond acceptors (Lipinski definition) is 5. The zero-order valence-electron chi connectivity index (χ0n) is 21.2. The predicted octanol–water partition coefficient (Wildman–Crippen LogP) is 5.37. The minimum atomic E-state index is -1.34. The number of amides is 1. The van der Waals surface area contributed by atoms with E-state index >= 15 is 0 Å². The van der Waals surface area contributed by atoms with E-state index in [0.29, 0.717) is 16.8 Å². The topological polar surface area (TPSA) is 79.4 Å². The van der Waals surface area contributed by atoms with Gasteiger partial charge in [-0.2, -0.15) is 0 Å². The SMILES string of the molecule is Cc1ccc(C(=O)C2C(C(=O)c3cccnc3)C3(C(=O)Nc4ccccc43)C3c4ccccc4C=CN23)cc1. The van der Waals surface area contributed by atoms with Crippen LogP contribution in [0.1, 0.15) is 49.0 Å². The number of aryl methyl sites for hydroxylation is 1. The molecular formula is C33H25N3O3. The summed E-state index contributed by atoms with van der Waals surface area (Å²) >= 11 is 0. The first kappa shape index (κ1) is 23.3. The van der Waals surface area contributed by atoms with E-state index in [-0.39, 0.29) is 17.5 Å². The van der Waals surface area contributed by atoms with Gasteiger partial charge in [-0.3, -0.25) is 19.4 Å². The summed E-state index contributed by atoms with van der Waals surface area (Å²) in [7, 11) is 0. The van der Waals surface area contributed by atoms with Crippen LogP contribution in [-0.2, 0) is 10.2 Å². The molecule has 1 spiro atoms. The van der Waals surface area contributed by atoms with E-state index < -0.39 is 23.4 Å². The molecule has 4 unspecified atom stereocenters. The normalized spacial score (nSPS) is 24.2. The Labute approximate surface area is 226 Å². The highest BCUT2D eigenvalue weighted by atomic mass is 16.2. The van der Waals surface area contributed by atoms with Crippen molar-refractivity contribution >= 4 is 29.2 Å². The number of para-hydroxylation sites is 1. The predicted molar refractivity (Wildman–Crippen MR) is 148 cm³/mol. The molecule has 4 aromatic rings. The van der Waals surface area contributed by atoms with Crippen molar-refractivity contribution < 1.29 is 14.4 Å². The quantitative estimate of drug-likeness (QED) is 0.373. The van der Waals surface area contributed by atoms with Gasteiger partial charge in [0.2, 0.25) is 5.91 Å². The van der Waals surface area contributed by atoms with Crippen molar-refractivity contribution in [2.24, 2.45) is 5.92 Å². The molecule has 6 heteroatoms. The molecule has 1 aromatic heterocycles. The zero-order chi connectivity index (χ0) is 26.7. The molecule has 0 aliphatic carbocycles. The Bertz CT molecular complexity index is 1680. The lowest BCUT2D eigenvalue weighted by atomic mass is 9.62. The largest absolute Gasteiger partial charge is 0.358 e. The Morgan fingerprint density at radius 1 is 0.872 bits per heavy atom. The van der Waals surface area contributed by atoms with Crippen LogP contribution in [-0.4, -0.2) is 33.4 Å². The monoisotopic (exact) mass is 511 g/mol. The second-order valence-electron chi connectivity index (χ2n) is 10.4. The van der Waals surface area contributed by atoms with Crippen LogP contribution in [0.15, 0.2) is 104 Å². The highest BCUT2D eigenvalue weighted by Gasteiger charge is 2.70. The number of anilines is 1. The van der Waals surface area contributed by atoms with Gasteiger partial charge in [-0.1, -0.05) is 72.3 Å². The summed E-state index contributed by atoms with van der Waals surface area (Å²) in [6.45, 7) is 1.97. The van der Waals surface area contributed by atoms with Crippen LogP contribution in [0.25, 0.3) is 6.08 Å². The van der Waals surface area contributed by atoms with Crippen LogP contribution in [0.2, 0.25) is 0 Å².